The molecule has 2 heterocycles. The van der Waals surface area contributed by atoms with Crippen LogP contribution in [0.3, 0.4) is 0 Å². The van der Waals surface area contributed by atoms with E-state index < -0.39 is 11.4 Å². The third kappa shape index (κ3) is 1.73. The summed E-state index contributed by atoms with van der Waals surface area (Å²) in [4.78, 5) is 20.8. The molecule has 20 heavy (non-hydrogen) atoms. The summed E-state index contributed by atoms with van der Waals surface area (Å²) in [7, 11) is 0. The molecule has 0 fully saturated rings. The van der Waals surface area contributed by atoms with Crippen LogP contribution >= 0.6 is 0 Å². The molecule has 6 heteroatoms. The van der Waals surface area contributed by atoms with Crippen molar-refractivity contribution in [1.29, 1.82) is 0 Å². The van der Waals surface area contributed by atoms with E-state index in [1.807, 2.05) is 0 Å². The molecular formula is C14H11FN4O. The fourth-order valence-electron chi connectivity index (χ4n) is 2.25. The van der Waals surface area contributed by atoms with E-state index in [0.717, 1.165) is 0 Å². The van der Waals surface area contributed by atoms with Gasteiger partial charge >= 0.3 is 0 Å². The van der Waals surface area contributed by atoms with Gasteiger partial charge in [-0.15, -0.1) is 0 Å². The first kappa shape index (κ1) is 12.3. The molecule has 1 aromatic heterocycles. The number of nitrogens with two attached hydrogens (primary N) is 1. The number of amides is 1. The van der Waals surface area contributed by atoms with Crippen LogP contribution in [0.1, 0.15) is 11.3 Å². The zero-order valence-corrected chi connectivity index (χ0v) is 10.4. The predicted octanol–water partition coefficient (Wildman–Crippen LogP) is 0.909. The number of aromatic nitrogens is 1. The number of aliphatic imine (C=N–C) groups is 1. The monoisotopic (exact) mass is 270 g/mol. The Bertz CT molecular complexity index is 684. The number of carbonyl (C=O) groups is 1. The number of guanidine groups is 1. The van der Waals surface area contributed by atoms with Crippen LogP contribution in [0.4, 0.5) is 4.39 Å². The molecule has 1 amide bonds. The SMILES string of the molecule is NC1=NC(c2ccc(F)cc2)(c2ccccn2)C(=O)N1. The van der Waals surface area contributed by atoms with Gasteiger partial charge in [0.15, 0.2) is 5.96 Å². The Morgan fingerprint density at radius 3 is 2.45 bits per heavy atom. The van der Waals surface area contributed by atoms with E-state index >= 15 is 0 Å². The molecule has 1 atom stereocenters. The van der Waals surface area contributed by atoms with Crippen molar-refractivity contribution in [3.05, 3.63) is 65.7 Å². The lowest BCUT2D eigenvalue weighted by Crippen LogP contribution is -2.40. The van der Waals surface area contributed by atoms with Crippen molar-refractivity contribution in [3.63, 3.8) is 0 Å². The molecule has 0 saturated carbocycles. The molecular weight excluding hydrogens is 259 g/mol. The van der Waals surface area contributed by atoms with E-state index in [1.165, 1.54) is 24.3 Å². The highest BCUT2D eigenvalue weighted by Gasteiger charge is 2.47. The number of carbonyl (C=O) groups excluding carboxylic acids is 1. The highest BCUT2D eigenvalue weighted by atomic mass is 19.1. The number of nitrogens with one attached hydrogen (secondary N) is 1. The van der Waals surface area contributed by atoms with Gasteiger partial charge in [-0.05, 0) is 29.8 Å². The Morgan fingerprint density at radius 1 is 1.15 bits per heavy atom. The van der Waals surface area contributed by atoms with Gasteiger partial charge < -0.3 is 5.73 Å². The molecule has 1 aliphatic rings. The third-order valence-corrected chi connectivity index (χ3v) is 3.16. The molecule has 0 bridgehead atoms. The Kier molecular flexibility index (Phi) is 2.71. The lowest BCUT2D eigenvalue weighted by molar-refractivity contribution is -0.122. The Hall–Kier alpha value is -2.76. The van der Waals surface area contributed by atoms with Crippen LogP contribution in [0.15, 0.2) is 53.7 Å². The lowest BCUT2D eigenvalue weighted by atomic mass is 9.86. The van der Waals surface area contributed by atoms with Crippen molar-refractivity contribution >= 4 is 11.9 Å². The summed E-state index contributed by atoms with van der Waals surface area (Å²) in [5.74, 6) is -0.773. The second kappa shape index (κ2) is 4.41. The van der Waals surface area contributed by atoms with E-state index in [0.29, 0.717) is 11.3 Å². The molecule has 1 aliphatic heterocycles. The first-order chi connectivity index (χ1) is 9.63. The van der Waals surface area contributed by atoms with Crippen LogP contribution < -0.4 is 11.1 Å². The highest BCUT2D eigenvalue weighted by molar-refractivity contribution is 6.08. The minimum absolute atomic E-state index is 0.0185. The average Bonchev–Trinajstić information content (AvgIpc) is 2.76. The molecule has 0 spiro atoms. The highest BCUT2D eigenvalue weighted by Crippen LogP contribution is 2.35. The Balaban J connectivity index is 2.25. The minimum atomic E-state index is -1.36. The maximum Gasteiger partial charge on any atom is 0.265 e. The number of halogens is 1. The summed E-state index contributed by atoms with van der Waals surface area (Å²) in [6, 6.07) is 10.7. The number of rotatable bonds is 2. The maximum absolute atomic E-state index is 13.1. The molecule has 100 valence electrons. The van der Waals surface area contributed by atoms with Crippen LogP contribution in [-0.2, 0) is 10.3 Å². The van der Waals surface area contributed by atoms with E-state index in [-0.39, 0.29) is 11.8 Å². The molecule has 2 aromatic rings. The molecule has 3 N–H and O–H groups in total. The zero-order valence-electron chi connectivity index (χ0n) is 10.4. The number of hydrogen-bond acceptors (Lipinski definition) is 4. The number of nitrogens with zero attached hydrogens (tertiary/aromatic N) is 2. The van der Waals surface area contributed by atoms with Crippen molar-refractivity contribution in [1.82, 2.24) is 10.3 Å². The summed E-state index contributed by atoms with van der Waals surface area (Å²) in [5, 5.41) is 2.47. The van der Waals surface area contributed by atoms with Gasteiger partial charge in [0.25, 0.3) is 5.91 Å². The van der Waals surface area contributed by atoms with Crippen molar-refractivity contribution in [2.45, 2.75) is 5.54 Å². The zero-order chi connectivity index (χ0) is 14.2. The molecule has 3 rings (SSSR count). The molecule has 0 aliphatic carbocycles. The van der Waals surface area contributed by atoms with Gasteiger partial charge in [0, 0.05) is 6.20 Å². The van der Waals surface area contributed by atoms with Gasteiger partial charge in [-0.1, -0.05) is 18.2 Å². The standard InChI is InChI=1S/C14H11FN4O/c15-10-6-4-9(5-7-10)14(11-3-1-2-8-17-11)12(20)18-13(16)19-14/h1-8H,(H3,16,18,19,20). The Labute approximate surface area is 114 Å². The van der Waals surface area contributed by atoms with Gasteiger partial charge in [0.05, 0.1) is 5.69 Å². The van der Waals surface area contributed by atoms with Gasteiger partial charge in [-0.25, -0.2) is 9.38 Å². The maximum atomic E-state index is 13.1. The normalized spacial score (nSPS) is 21.4. The number of benzene rings is 1. The summed E-state index contributed by atoms with van der Waals surface area (Å²) < 4.78 is 13.1. The fourth-order valence-corrected chi connectivity index (χ4v) is 2.25. The first-order valence-electron chi connectivity index (χ1n) is 5.97. The van der Waals surface area contributed by atoms with Gasteiger partial charge in [0.1, 0.15) is 5.82 Å². The molecule has 1 unspecified atom stereocenters. The first-order valence-corrected chi connectivity index (χ1v) is 5.97. The van der Waals surface area contributed by atoms with Crippen LogP contribution in [-0.4, -0.2) is 16.9 Å². The average molecular weight is 270 g/mol. The van der Waals surface area contributed by atoms with Gasteiger partial charge in [-0.3, -0.25) is 15.1 Å². The lowest BCUT2D eigenvalue weighted by Gasteiger charge is -2.23. The minimum Gasteiger partial charge on any atom is -0.370 e. The van der Waals surface area contributed by atoms with Crippen LogP contribution in [0.2, 0.25) is 0 Å². The van der Waals surface area contributed by atoms with Crippen molar-refractivity contribution in [2.75, 3.05) is 0 Å². The molecule has 0 radical (unpaired) electrons. The third-order valence-electron chi connectivity index (χ3n) is 3.16. The number of hydrogen-bond donors (Lipinski definition) is 2. The van der Waals surface area contributed by atoms with Gasteiger partial charge in [0.2, 0.25) is 5.54 Å². The Morgan fingerprint density at radius 2 is 1.90 bits per heavy atom. The van der Waals surface area contributed by atoms with Crippen molar-refractivity contribution < 1.29 is 9.18 Å². The summed E-state index contributed by atoms with van der Waals surface area (Å²) >= 11 is 0. The van der Waals surface area contributed by atoms with E-state index in [2.05, 4.69) is 15.3 Å². The second-order valence-corrected chi connectivity index (χ2v) is 4.38. The summed E-state index contributed by atoms with van der Waals surface area (Å²) in [6.45, 7) is 0. The van der Waals surface area contributed by atoms with Crippen molar-refractivity contribution in [2.24, 2.45) is 10.7 Å². The molecule has 5 nitrogen and oxygen atoms in total. The second-order valence-electron chi connectivity index (χ2n) is 4.38. The number of pyridine rings is 1. The fraction of sp³-hybridized carbons (Fsp3) is 0.0714. The molecule has 0 saturated heterocycles. The topological polar surface area (TPSA) is 80.4 Å². The van der Waals surface area contributed by atoms with Crippen LogP contribution in [0, 0.1) is 5.82 Å². The quantitative estimate of drug-likeness (QED) is 0.851. The largest absolute Gasteiger partial charge is 0.370 e. The predicted molar refractivity (Wildman–Crippen MR) is 71.2 cm³/mol. The van der Waals surface area contributed by atoms with E-state index in [1.54, 1.807) is 24.4 Å². The molecule has 1 aromatic carbocycles. The summed E-state index contributed by atoms with van der Waals surface area (Å²) in [6.07, 6.45) is 1.57. The van der Waals surface area contributed by atoms with Crippen molar-refractivity contribution in [3.8, 4) is 0 Å². The van der Waals surface area contributed by atoms with Crippen LogP contribution in [0.25, 0.3) is 0 Å². The van der Waals surface area contributed by atoms with Gasteiger partial charge in [-0.2, -0.15) is 0 Å². The van der Waals surface area contributed by atoms with E-state index in [9.17, 15) is 9.18 Å². The van der Waals surface area contributed by atoms with Crippen LogP contribution in [0.5, 0.6) is 0 Å². The van der Waals surface area contributed by atoms with E-state index in [4.69, 9.17) is 5.73 Å². The smallest absolute Gasteiger partial charge is 0.265 e. The summed E-state index contributed by atoms with van der Waals surface area (Å²) in [5.41, 5.74) is 5.20.